The van der Waals surface area contributed by atoms with E-state index >= 15 is 0 Å². The predicted octanol–water partition coefficient (Wildman–Crippen LogP) is 3.63. The summed E-state index contributed by atoms with van der Waals surface area (Å²) >= 11 is 5.85. The molecule has 0 bridgehead atoms. The SMILES string of the molecule is Cc1cc(F)ccc1CNCCCC(C)Cl. The first-order valence-electron chi connectivity index (χ1n) is 5.69. The second-order valence-electron chi connectivity index (χ2n) is 4.17. The Morgan fingerprint density at radius 3 is 2.81 bits per heavy atom. The van der Waals surface area contributed by atoms with Crippen LogP contribution in [0.3, 0.4) is 0 Å². The van der Waals surface area contributed by atoms with Gasteiger partial charge in [0.05, 0.1) is 0 Å². The maximum atomic E-state index is 12.8. The maximum absolute atomic E-state index is 12.8. The minimum Gasteiger partial charge on any atom is -0.313 e. The van der Waals surface area contributed by atoms with Crippen molar-refractivity contribution >= 4 is 11.6 Å². The molecule has 16 heavy (non-hydrogen) atoms. The van der Waals surface area contributed by atoms with Gasteiger partial charge in [0.25, 0.3) is 0 Å². The van der Waals surface area contributed by atoms with Crippen molar-refractivity contribution in [3.8, 4) is 0 Å². The highest BCUT2D eigenvalue weighted by Gasteiger charge is 2.00. The standard InChI is InChI=1S/C13H19ClFN/c1-10-8-13(15)6-5-12(10)9-16-7-3-4-11(2)14/h5-6,8,11,16H,3-4,7,9H2,1-2H3. The molecule has 1 aromatic rings. The zero-order valence-corrected chi connectivity index (χ0v) is 10.6. The first kappa shape index (κ1) is 13.5. The number of halogens is 2. The van der Waals surface area contributed by atoms with Crippen molar-refractivity contribution in [1.29, 1.82) is 0 Å². The Hall–Kier alpha value is -0.600. The molecule has 1 nitrogen and oxygen atoms in total. The molecule has 1 atom stereocenters. The van der Waals surface area contributed by atoms with Gasteiger partial charge in [0.2, 0.25) is 0 Å². The monoisotopic (exact) mass is 243 g/mol. The van der Waals surface area contributed by atoms with Gasteiger partial charge in [-0.05, 0) is 56.5 Å². The Morgan fingerprint density at radius 2 is 2.19 bits per heavy atom. The van der Waals surface area contributed by atoms with Crippen LogP contribution < -0.4 is 5.32 Å². The van der Waals surface area contributed by atoms with Crippen molar-refractivity contribution in [1.82, 2.24) is 5.32 Å². The molecule has 0 spiro atoms. The van der Waals surface area contributed by atoms with Crippen LogP contribution >= 0.6 is 11.6 Å². The van der Waals surface area contributed by atoms with Crippen molar-refractivity contribution in [3.05, 3.63) is 35.1 Å². The fourth-order valence-electron chi connectivity index (χ4n) is 1.59. The number of alkyl halides is 1. The summed E-state index contributed by atoms with van der Waals surface area (Å²) in [6, 6.07) is 4.91. The molecule has 0 amide bonds. The molecule has 0 radical (unpaired) electrons. The van der Waals surface area contributed by atoms with E-state index in [4.69, 9.17) is 11.6 Å². The molecule has 1 N–H and O–H groups in total. The summed E-state index contributed by atoms with van der Waals surface area (Å²) in [7, 11) is 0. The van der Waals surface area contributed by atoms with Gasteiger partial charge in [0, 0.05) is 11.9 Å². The Morgan fingerprint density at radius 1 is 1.44 bits per heavy atom. The maximum Gasteiger partial charge on any atom is 0.123 e. The van der Waals surface area contributed by atoms with Crippen LogP contribution in [-0.4, -0.2) is 11.9 Å². The number of rotatable bonds is 6. The van der Waals surface area contributed by atoms with Gasteiger partial charge in [-0.3, -0.25) is 0 Å². The zero-order chi connectivity index (χ0) is 12.0. The van der Waals surface area contributed by atoms with Gasteiger partial charge in [0.15, 0.2) is 0 Å². The van der Waals surface area contributed by atoms with E-state index in [-0.39, 0.29) is 11.2 Å². The van der Waals surface area contributed by atoms with E-state index in [9.17, 15) is 4.39 Å². The van der Waals surface area contributed by atoms with Crippen LogP contribution in [0.2, 0.25) is 0 Å². The molecule has 1 rings (SSSR count). The van der Waals surface area contributed by atoms with Crippen LogP contribution in [0, 0.1) is 12.7 Å². The summed E-state index contributed by atoms with van der Waals surface area (Å²) in [4.78, 5) is 0. The van der Waals surface area contributed by atoms with Crippen LogP contribution in [-0.2, 0) is 6.54 Å². The lowest BCUT2D eigenvalue weighted by molar-refractivity contribution is 0.610. The van der Waals surface area contributed by atoms with Gasteiger partial charge in [-0.1, -0.05) is 6.07 Å². The lowest BCUT2D eigenvalue weighted by atomic mass is 10.1. The van der Waals surface area contributed by atoms with Crippen molar-refractivity contribution in [3.63, 3.8) is 0 Å². The molecule has 90 valence electrons. The summed E-state index contributed by atoms with van der Waals surface area (Å²) in [5.74, 6) is -0.169. The van der Waals surface area contributed by atoms with Crippen LogP contribution in [0.25, 0.3) is 0 Å². The fraction of sp³-hybridized carbons (Fsp3) is 0.538. The molecule has 0 aromatic heterocycles. The minimum absolute atomic E-state index is 0.169. The number of aryl methyl sites for hydroxylation is 1. The molecule has 0 aliphatic rings. The summed E-state index contributed by atoms with van der Waals surface area (Å²) in [6.45, 7) is 5.68. The van der Waals surface area contributed by atoms with Gasteiger partial charge in [-0.15, -0.1) is 11.6 Å². The van der Waals surface area contributed by atoms with E-state index < -0.39 is 0 Å². The third-order valence-corrected chi connectivity index (χ3v) is 2.79. The first-order chi connectivity index (χ1) is 7.59. The average molecular weight is 244 g/mol. The van der Waals surface area contributed by atoms with Crippen LogP contribution in [0.1, 0.15) is 30.9 Å². The van der Waals surface area contributed by atoms with Gasteiger partial charge in [-0.2, -0.15) is 0 Å². The Kier molecular flexibility index (Phi) is 5.78. The van der Waals surface area contributed by atoms with E-state index in [1.165, 1.54) is 6.07 Å². The number of hydrogen-bond donors (Lipinski definition) is 1. The largest absolute Gasteiger partial charge is 0.313 e. The second-order valence-corrected chi connectivity index (χ2v) is 4.92. The van der Waals surface area contributed by atoms with Crippen molar-refractivity contribution in [2.24, 2.45) is 0 Å². The fourth-order valence-corrected chi connectivity index (χ4v) is 1.74. The summed E-state index contributed by atoms with van der Waals surface area (Å²) in [5.41, 5.74) is 2.15. The number of hydrogen-bond acceptors (Lipinski definition) is 1. The molecular formula is C13H19ClFN. The molecular weight excluding hydrogens is 225 g/mol. The van der Waals surface area contributed by atoms with Gasteiger partial charge < -0.3 is 5.32 Å². The quantitative estimate of drug-likeness (QED) is 0.594. The molecule has 0 fully saturated rings. The lowest BCUT2D eigenvalue weighted by Crippen LogP contribution is -2.16. The Balaban J connectivity index is 2.27. The topological polar surface area (TPSA) is 12.0 Å². The summed E-state index contributed by atoms with van der Waals surface area (Å²) < 4.78 is 12.8. The lowest BCUT2D eigenvalue weighted by Gasteiger charge is -2.08. The molecule has 0 heterocycles. The Labute approximate surface area is 102 Å². The normalized spacial score (nSPS) is 12.8. The van der Waals surface area contributed by atoms with Gasteiger partial charge >= 0.3 is 0 Å². The molecule has 0 aliphatic heterocycles. The van der Waals surface area contributed by atoms with Gasteiger partial charge in [-0.25, -0.2) is 4.39 Å². The highest BCUT2D eigenvalue weighted by Crippen LogP contribution is 2.09. The van der Waals surface area contributed by atoms with E-state index in [1.807, 2.05) is 19.9 Å². The smallest absolute Gasteiger partial charge is 0.123 e. The highest BCUT2D eigenvalue weighted by atomic mass is 35.5. The molecule has 1 unspecified atom stereocenters. The van der Waals surface area contributed by atoms with E-state index in [0.29, 0.717) is 0 Å². The molecule has 0 saturated carbocycles. The zero-order valence-electron chi connectivity index (χ0n) is 9.89. The first-order valence-corrected chi connectivity index (χ1v) is 6.13. The van der Waals surface area contributed by atoms with Gasteiger partial charge in [0.1, 0.15) is 5.82 Å². The second kappa shape index (κ2) is 6.87. The van der Waals surface area contributed by atoms with Crippen molar-refractivity contribution in [2.75, 3.05) is 6.54 Å². The molecule has 0 aliphatic carbocycles. The van der Waals surface area contributed by atoms with E-state index in [2.05, 4.69) is 5.32 Å². The predicted molar refractivity (Wildman–Crippen MR) is 67.4 cm³/mol. The average Bonchev–Trinajstić information content (AvgIpc) is 2.20. The number of benzene rings is 1. The Bertz CT molecular complexity index is 326. The van der Waals surface area contributed by atoms with Crippen molar-refractivity contribution < 1.29 is 4.39 Å². The highest BCUT2D eigenvalue weighted by molar-refractivity contribution is 6.20. The summed E-state index contributed by atoms with van der Waals surface area (Å²) in [5, 5.41) is 3.58. The van der Waals surface area contributed by atoms with E-state index in [0.717, 1.165) is 37.1 Å². The third kappa shape index (κ3) is 4.95. The third-order valence-electron chi connectivity index (χ3n) is 2.58. The molecule has 1 aromatic carbocycles. The van der Waals surface area contributed by atoms with Crippen molar-refractivity contribution in [2.45, 2.75) is 38.6 Å². The van der Waals surface area contributed by atoms with Crippen LogP contribution in [0.5, 0.6) is 0 Å². The van der Waals surface area contributed by atoms with Crippen LogP contribution in [0.4, 0.5) is 4.39 Å². The number of nitrogens with one attached hydrogen (secondary N) is 1. The summed E-state index contributed by atoms with van der Waals surface area (Å²) in [6.07, 6.45) is 2.10. The molecule has 3 heteroatoms. The van der Waals surface area contributed by atoms with E-state index in [1.54, 1.807) is 6.07 Å². The minimum atomic E-state index is -0.169. The van der Waals surface area contributed by atoms with Crippen LogP contribution in [0.15, 0.2) is 18.2 Å². The molecule has 0 saturated heterocycles.